The van der Waals surface area contributed by atoms with Crippen LogP contribution in [0.5, 0.6) is 11.5 Å². The largest absolute Gasteiger partial charge is 0.497 e. The number of benzene rings is 2. The molecular formula is C28H42FN3O6S. The zero-order chi connectivity index (χ0) is 28.8. The van der Waals surface area contributed by atoms with E-state index in [4.69, 9.17) is 9.47 Å². The molecule has 0 aliphatic rings. The summed E-state index contributed by atoms with van der Waals surface area (Å²) in [5.41, 5.74) is 1.50. The number of hydrogen-bond acceptors (Lipinski definition) is 7. The summed E-state index contributed by atoms with van der Waals surface area (Å²) in [7, 11) is -0.641. The Balaban J connectivity index is 2.08. The summed E-state index contributed by atoms with van der Waals surface area (Å²) in [5, 5.41) is 16.9. The van der Waals surface area contributed by atoms with Crippen LogP contribution in [0.3, 0.4) is 0 Å². The molecule has 0 aliphatic carbocycles. The molecule has 0 saturated heterocycles. The normalized spacial score (nSPS) is 13.2. The fourth-order valence-electron chi connectivity index (χ4n) is 4.18. The predicted octanol–water partition coefficient (Wildman–Crippen LogP) is 2.86. The highest BCUT2D eigenvalue weighted by Gasteiger charge is 2.25. The topological polar surface area (TPSA) is 117 Å². The average Bonchev–Trinajstić information content (AvgIpc) is 2.91. The molecule has 218 valence electrons. The summed E-state index contributed by atoms with van der Waals surface area (Å²) in [4.78, 5) is 12.8. The molecule has 0 aromatic heterocycles. The lowest BCUT2D eigenvalue weighted by atomic mass is 10.0. The second-order valence-corrected chi connectivity index (χ2v) is 11.5. The summed E-state index contributed by atoms with van der Waals surface area (Å²) in [6.45, 7) is 5.21. The van der Waals surface area contributed by atoms with E-state index in [1.54, 1.807) is 13.2 Å². The van der Waals surface area contributed by atoms with E-state index in [9.17, 15) is 22.7 Å². The number of hydrogen-bond donors (Lipinski definition) is 3. The summed E-state index contributed by atoms with van der Waals surface area (Å²) < 4.78 is 51.5. The second-order valence-electron chi connectivity index (χ2n) is 9.36. The van der Waals surface area contributed by atoms with Crippen molar-refractivity contribution in [2.75, 3.05) is 39.6 Å². The maximum Gasteiger partial charge on any atom is 0.221 e. The zero-order valence-corrected chi connectivity index (χ0v) is 24.1. The first-order valence-corrected chi connectivity index (χ1v) is 14.9. The molecule has 11 heteroatoms. The van der Waals surface area contributed by atoms with E-state index in [0.29, 0.717) is 43.8 Å². The molecule has 1 amide bonds. The van der Waals surface area contributed by atoms with Gasteiger partial charge in [0.05, 0.1) is 32.1 Å². The molecule has 0 fully saturated rings. The highest BCUT2D eigenvalue weighted by Crippen LogP contribution is 2.19. The molecule has 9 nitrogen and oxygen atoms in total. The van der Waals surface area contributed by atoms with E-state index in [1.165, 1.54) is 23.5 Å². The molecule has 0 radical (unpaired) electrons. The number of halogens is 1. The first-order valence-electron chi connectivity index (χ1n) is 13.2. The smallest absolute Gasteiger partial charge is 0.221 e. The highest BCUT2D eigenvalue weighted by atomic mass is 32.2. The summed E-state index contributed by atoms with van der Waals surface area (Å²) in [5.74, 6) is -0.574. The molecule has 0 spiro atoms. The number of rotatable bonds is 18. The number of nitrogens with zero attached hydrogens (tertiary/aromatic N) is 1. The van der Waals surface area contributed by atoms with Gasteiger partial charge in [-0.3, -0.25) is 4.79 Å². The first kappa shape index (κ1) is 32.5. The third kappa shape index (κ3) is 10.7. The van der Waals surface area contributed by atoms with Crippen molar-refractivity contribution in [3.8, 4) is 11.5 Å². The molecule has 2 atom stereocenters. The molecule has 3 N–H and O–H groups in total. The van der Waals surface area contributed by atoms with Crippen LogP contribution in [0.25, 0.3) is 0 Å². The second kappa shape index (κ2) is 16.4. The van der Waals surface area contributed by atoms with Gasteiger partial charge in [0.15, 0.2) is 11.6 Å². The maximum atomic E-state index is 14.3. The van der Waals surface area contributed by atoms with Crippen LogP contribution in [0.2, 0.25) is 0 Å². The van der Waals surface area contributed by atoms with Crippen LogP contribution in [0.4, 0.5) is 4.39 Å². The zero-order valence-electron chi connectivity index (χ0n) is 23.3. The van der Waals surface area contributed by atoms with Crippen molar-refractivity contribution in [3.63, 3.8) is 0 Å². The Labute approximate surface area is 231 Å². The Morgan fingerprint density at radius 1 is 1.05 bits per heavy atom. The van der Waals surface area contributed by atoms with Crippen molar-refractivity contribution >= 4 is 15.9 Å². The van der Waals surface area contributed by atoms with Crippen LogP contribution in [0.1, 0.15) is 44.2 Å². The fraction of sp³-hybridized carbons (Fsp3) is 0.536. The molecule has 0 bridgehead atoms. The Bertz CT molecular complexity index is 1140. The standard InChI is InChI=1S/C28H42FN3O6S/c1-5-13-32(14-6-2)39(35,36)15-12-28(34)31-25(18-21-10-11-27(38-4)24(29)17-21)26(33)20-30-19-22-8-7-9-23(16-22)37-3/h7-11,16-17,25-26,30,33H,5-6,12-15,18-20H2,1-4H3,(H,31,34)/t25-,26+/m0/s1. The van der Waals surface area contributed by atoms with E-state index in [1.807, 2.05) is 38.1 Å². The first-order chi connectivity index (χ1) is 18.6. The van der Waals surface area contributed by atoms with Gasteiger partial charge in [-0.25, -0.2) is 17.1 Å². The van der Waals surface area contributed by atoms with Crippen LogP contribution in [-0.4, -0.2) is 75.5 Å². The van der Waals surface area contributed by atoms with Crippen molar-refractivity contribution < 1.29 is 32.2 Å². The van der Waals surface area contributed by atoms with E-state index in [2.05, 4.69) is 10.6 Å². The van der Waals surface area contributed by atoms with Crippen molar-refractivity contribution in [2.45, 2.75) is 58.2 Å². The minimum atomic E-state index is -3.60. The van der Waals surface area contributed by atoms with Gasteiger partial charge >= 0.3 is 0 Å². The number of aliphatic hydroxyl groups excluding tert-OH is 1. The number of methoxy groups -OCH3 is 2. The Morgan fingerprint density at radius 3 is 2.38 bits per heavy atom. The number of carbonyl (C=O) groups is 1. The Hall–Kier alpha value is -2.73. The lowest BCUT2D eigenvalue weighted by molar-refractivity contribution is -0.122. The van der Waals surface area contributed by atoms with Gasteiger partial charge in [0.2, 0.25) is 15.9 Å². The Kier molecular flexibility index (Phi) is 13.7. The van der Waals surface area contributed by atoms with Crippen LogP contribution >= 0.6 is 0 Å². The van der Waals surface area contributed by atoms with Gasteiger partial charge in [0, 0.05) is 32.6 Å². The monoisotopic (exact) mass is 567 g/mol. The number of ether oxygens (including phenoxy) is 2. The van der Waals surface area contributed by atoms with Crippen LogP contribution < -0.4 is 20.1 Å². The average molecular weight is 568 g/mol. The van der Waals surface area contributed by atoms with Gasteiger partial charge in [-0.2, -0.15) is 0 Å². The van der Waals surface area contributed by atoms with Crippen LogP contribution in [-0.2, 0) is 27.8 Å². The predicted molar refractivity (Wildman–Crippen MR) is 150 cm³/mol. The molecule has 0 saturated carbocycles. The molecule has 2 rings (SSSR count). The molecule has 2 aromatic carbocycles. The minimum absolute atomic E-state index is 0.0914. The quantitative estimate of drug-likeness (QED) is 0.254. The summed E-state index contributed by atoms with van der Waals surface area (Å²) in [6, 6.07) is 11.2. The van der Waals surface area contributed by atoms with Gasteiger partial charge in [-0.15, -0.1) is 0 Å². The number of nitrogens with one attached hydrogen (secondary N) is 2. The van der Waals surface area contributed by atoms with Crippen molar-refractivity contribution in [1.29, 1.82) is 0 Å². The van der Waals surface area contributed by atoms with E-state index in [0.717, 1.165) is 5.56 Å². The minimum Gasteiger partial charge on any atom is -0.497 e. The van der Waals surface area contributed by atoms with Gasteiger partial charge in [0.25, 0.3) is 0 Å². The van der Waals surface area contributed by atoms with Gasteiger partial charge in [-0.05, 0) is 54.7 Å². The number of carbonyl (C=O) groups excluding carboxylic acids is 1. The van der Waals surface area contributed by atoms with E-state index in [-0.39, 0.29) is 30.9 Å². The summed E-state index contributed by atoms with van der Waals surface area (Å²) in [6.07, 6.45) is 0.225. The molecule has 0 unspecified atom stereocenters. The fourth-order valence-corrected chi connectivity index (χ4v) is 5.80. The SMILES string of the molecule is CCCN(CCC)S(=O)(=O)CCC(=O)N[C@@H](Cc1ccc(OC)c(F)c1)[C@H](O)CNCc1cccc(OC)c1. The third-order valence-electron chi connectivity index (χ3n) is 6.23. The molecule has 39 heavy (non-hydrogen) atoms. The lowest BCUT2D eigenvalue weighted by Gasteiger charge is -2.25. The van der Waals surface area contributed by atoms with Gasteiger partial charge in [0.1, 0.15) is 5.75 Å². The molecular weight excluding hydrogens is 525 g/mol. The molecule has 0 heterocycles. The number of sulfonamides is 1. The molecule has 0 aliphatic heterocycles. The van der Waals surface area contributed by atoms with Crippen molar-refractivity contribution in [1.82, 2.24) is 14.9 Å². The van der Waals surface area contributed by atoms with Crippen molar-refractivity contribution in [3.05, 3.63) is 59.4 Å². The number of amides is 1. The molecule has 2 aromatic rings. The van der Waals surface area contributed by atoms with Gasteiger partial charge in [-0.1, -0.05) is 32.0 Å². The van der Waals surface area contributed by atoms with Crippen LogP contribution in [0, 0.1) is 5.82 Å². The Morgan fingerprint density at radius 2 is 1.77 bits per heavy atom. The van der Waals surface area contributed by atoms with E-state index < -0.39 is 33.9 Å². The van der Waals surface area contributed by atoms with Crippen molar-refractivity contribution in [2.24, 2.45) is 0 Å². The highest BCUT2D eigenvalue weighted by molar-refractivity contribution is 7.89. The third-order valence-corrected chi connectivity index (χ3v) is 8.10. The summed E-state index contributed by atoms with van der Waals surface area (Å²) >= 11 is 0. The van der Waals surface area contributed by atoms with Gasteiger partial charge < -0.3 is 25.2 Å². The van der Waals surface area contributed by atoms with Crippen LogP contribution in [0.15, 0.2) is 42.5 Å². The van der Waals surface area contributed by atoms with E-state index >= 15 is 0 Å². The maximum absolute atomic E-state index is 14.3. The number of aliphatic hydroxyl groups is 1. The lowest BCUT2D eigenvalue weighted by Crippen LogP contribution is -2.49.